The van der Waals surface area contributed by atoms with Gasteiger partial charge in [0.15, 0.2) is 0 Å². The highest BCUT2D eigenvalue weighted by atomic mass is 16.2. The van der Waals surface area contributed by atoms with Gasteiger partial charge in [0.05, 0.1) is 12.2 Å². The predicted octanol–water partition coefficient (Wildman–Crippen LogP) is 5.24. The van der Waals surface area contributed by atoms with E-state index in [4.69, 9.17) is 0 Å². The highest BCUT2D eigenvalue weighted by molar-refractivity contribution is 5.92. The van der Waals surface area contributed by atoms with E-state index < -0.39 is 0 Å². The summed E-state index contributed by atoms with van der Waals surface area (Å²) in [5, 5.41) is 1.33. The summed E-state index contributed by atoms with van der Waals surface area (Å²) in [6, 6.07) is 9.11. The first kappa shape index (κ1) is 22.5. The molecule has 0 atom stereocenters. The molecule has 0 saturated carbocycles. The normalized spacial score (nSPS) is 15.3. The summed E-state index contributed by atoms with van der Waals surface area (Å²) in [4.78, 5) is 24.6. The molecule has 5 heteroatoms. The Hall–Kier alpha value is -2.66. The fourth-order valence-electron chi connectivity index (χ4n) is 5.03. The van der Waals surface area contributed by atoms with Gasteiger partial charge in [-0.15, -0.1) is 0 Å². The van der Waals surface area contributed by atoms with E-state index in [1.165, 1.54) is 38.9 Å². The summed E-state index contributed by atoms with van der Waals surface area (Å²) in [5.74, 6) is 1.16. The summed E-state index contributed by atoms with van der Waals surface area (Å²) in [7, 11) is 3.90. The number of pyridine rings is 1. The Morgan fingerprint density at radius 1 is 1.19 bits per heavy atom. The molecule has 0 spiro atoms. The van der Waals surface area contributed by atoms with E-state index in [1.807, 2.05) is 37.0 Å². The van der Waals surface area contributed by atoms with Crippen LogP contribution in [-0.2, 0) is 4.79 Å². The van der Waals surface area contributed by atoms with Crippen LogP contribution in [0.4, 0.5) is 0 Å². The van der Waals surface area contributed by atoms with Crippen molar-refractivity contribution in [3.63, 3.8) is 0 Å². The second-order valence-electron chi connectivity index (χ2n) is 9.91. The Labute approximate surface area is 191 Å². The third-order valence-electron chi connectivity index (χ3n) is 6.72. The molecular formula is C27H36N4O. The number of amides is 1. The third kappa shape index (κ3) is 4.44. The maximum atomic E-state index is 12.4. The van der Waals surface area contributed by atoms with Gasteiger partial charge in [-0.05, 0) is 87.5 Å². The number of H-pyrrole nitrogens is 1. The number of piperidine rings is 1. The highest BCUT2D eigenvalue weighted by Gasteiger charge is 2.25. The zero-order valence-corrected chi connectivity index (χ0v) is 20.3. The van der Waals surface area contributed by atoms with Crippen LogP contribution in [0, 0.1) is 13.8 Å². The second-order valence-corrected chi connectivity index (χ2v) is 9.91. The Morgan fingerprint density at radius 3 is 2.56 bits per heavy atom. The second kappa shape index (κ2) is 9.07. The molecule has 1 fully saturated rings. The van der Waals surface area contributed by atoms with E-state index in [0.29, 0.717) is 18.4 Å². The van der Waals surface area contributed by atoms with Crippen LogP contribution in [0.3, 0.4) is 0 Å². The third-order valence-corrected chi connectivity index (χ3v) is 6.72. The lowest BCUT2D eigenvalue weighted by molar-refractivity contribution is -0.132. The number of aryl methyl sites for hydroxylation is 2. The lowest BCUT2D eigenvalue weighted by atomic mass is 9.87. The number of likely N-dealkylation sites (N-methyl/N-ethyl adjacent to an activating group) is 1. The van der Waals surface area contributed by atoms with Crippen LogP contribution in [0.2, 0.25) is 0 Å². The molecule has 2 aromatic heterocycles. The molecule has 1 aromatic carbocycles. The lowest BCUT2D eigenvalue weighted by Gasteiger charge is -2.33. The summed E-state index contributed by atoms with van der Waals surface area (Å²) in [6.45, 7) is 10.9. The van der Waals surface area contributed by atoms with Crippen molar-refractivity contribution >= 4 is 16.8 Å². The number of nitrogens with zero attached hydrogens (tertiary/aromatic N) is 3. The monoisotopic (exact) mass is 432 g/mol. The molecule has 1 aliphatic rings. The van der Waals surface area contributed by atoms with Crippen LogP contribution in [-0.4, -0.2) is 59.4 Å². The molecule has 1 amide bonds. The molecule has 3 aromatic rings. The average molecular weight is 433 g/mol. The van der Waals surface area contributed by atoms with E-state index in [1.54, 1.807) is 0 Å². The number of rotatable bonds is 5. The van der Waals surface area contributed by atoms with Gasteiger partial charge in [0.25, 0.3) is 0 Å². The average Bonchev–Trinajstić information content (AvgIpc) is 3.13. The van der Waals surface area contributed by atoms with E-state index in [0.717, 1.165) is 31.6 Å². The number of carbonyl (C=O) groups excluding carboxylic acids is 1. The zero-order valence-electron chi connectivity index (χ0n) is 20.3. The number of benzene rings is 1. The van der Waals surface area contributed by atoms with E-state index in [-0.39, 0.29) is 5.91 Å². The van der Waals surface area contributed by atoms with Crippen LogP contribution in [0.25, 0.3) is 22.2 Å². The SMILES string of the molecule is Cc1cc(-c2[nH]c3ccc(C4CCN(C(=O)CN(C)C)CC4)cc3c2C(C)C)c(C)cn1. The number of fused-ring (bicyclic) bond motifs is 1. The van der Waals surface area contributed by atoms with Gasteiger partial charge >= 0.3 is 0 Å². The van der Waals surface area contributed by atoms with Crippen LogP contribution < -0.4 is 0 Å². The first-order valence-electron chi connectivity index (χ1n) is 11.8. The molecule has 1 saturated heterocycles. The first-order valence-corrected chi connectivity index (χ1v) is 11.8. The zero-order chi connectivity index (χ0) is 23.0. The number of carbonyl (C=O) groups is 1. The fourth-order valence-corrected chi connectivity index (χ4v) is 5.03. The van der Waals surface area contributed by atoms with Gasteiger partial charge in [-0.25, -0.2) is 0 Å². The van der Waals surface area contributed by atoms with Crippen LogP contribution in [0.1, 0.15) is 60.9 Å². The summed E-state index contributed by atoms with van der Waals surface area (Å²) >= 11 is 0. The molecule has 0 unspecified atom stereocenters. The largest absolute Gasteiger partial charge is 0.354 e. The van der Waals surface area contributed by atoms with Gasteiger partial charge in [-0.1, -0.05) is 19.9 Å². The lowest BCUT2D eigenvalue weighted by Crippen LogP contribution is -2.42. The Balaban J connectivity index is 1.64. The van der Waals surface area contributed by atoms with Crippen molar-refractivity contribution in [3.05, 3.63) is 52.8 Å². The van der Waals surface area contributed by atoms with Crippen LogP contribution in [0.15, 0.2) is 30.5 Å². The topological polar surface area (TPSA) is 52.2 Å². The minimum absolute atomic E-state index is 0.240. The standard InChI is InChI=1S/C27H36N4O/c1-17(2)26-23-14-21(20-9-11-31(12-10-20)25(32)16-30(5)6)7-8-24(23)29-27(26)22-13-19(4)28-15-18(22)3/h7-8,13-15,17,20,29H,9-12,16H2,1-6H3. The maximum Gasteiger partial charge on any atom is 0.236 e. The van der Waals surface area contributed by atoms with Crippen molar-refractivity contribution in [1.82, 2.24) is 19.8 Å². The molecule has 170 valence electrons. The van der Waals surface area contributed by atoms with Crippen molar-refractivity contribution in [3.8, 4) is 11.3 Å². The Bertz CT molecular complexity index is 1120. The fraction of sp³-hybridized carbons (Fsp3) is 0.481. The summed E-state index contributed by atoms with van der Waals surface area (Å²) in [6.07, 6.45) is 4.03. The number of nitrogens with one attached hydrogen (secondary N) is 1. The molecule has 0 radical (unpaired) electrons. The molecular weight excluding hydrogens is 396 g/mol. The number of hydrogen-bond acceptors (Lipinski definition) is 3. The van der Waals surface area contributed by atoms with E-state index >= 15 is 0 Å². The number of aromatic amines is 1. The summed E-state index contributed by atoms with van der Waals surface area (Å²) in [5.41, 5.74) is 8.67. The molecule has 1 N–H and O–H groups in total. The molecule has 32 heavy (non-hydrogen) atoms. The first-order chi connectivity index (χ1) is 15.2. The van der Waals surface area contributed by atoms with Gasteiger partial charge in [0, 0.05) is 41.4 Å². The molecule has 4 rings (SSSR count). The van der Waals surface area contributed by atoms with Crippen LogP contribution in [0.5, 0.6) is 0 Å². The van der Waals surface area contributed by atoms with Gasteiger partial charge in [-0.2, -0.15) is 0 Å². The van der Waals surface area contributed by atoms with Gasteiger partial charge in [0.1, 0.15) is 0 Å². The minimum atomic E-state index is 0.240. The van der Waals surface area contributed by atoms with Crippen molar-refractivity contribution in [2.45, 2.75) is 52.4 Å². The van der Waals surface area contributed by atoms with Crippen molar-refractivity contribution < 1.29 is 4.79 Å². The van der Waals surface area contributed by atoms with E-state index in [2.05, 4.69) is 55.0 Å². The van der Waals surface area contributed by atoms with E-state index in [9.17, 15) is 4.79 Å². The molecule has 0 bridgehead atoms. The Morgan fingerprint density at radius 2 is 1.91 bits per heavy atom. The Kier molecular flexibility index (Phi) is 6.38. The molecule has 1 aliphatic heterocycles. The highest BCUT2D eigenvalue weighted by Crippen LogP contribution is 2.39. The van der Waals surface area contributed by atoms with Crippen molar-refractivity contribution in [2.75, 3.05) is 33.7 Å². The van der Waals surface area contributed by atoms with Gasteiger partial charge in [0.2, 0.25) is 5.91 Å². The smallest absolute Gasteiger partial charge is 0.236 e. The number of aromatic nitrogens is 2. The quantitative estimate of drug-likeness (QED) is 0.600. The minimum Gasteiger partial charge on any atom is -0.354 e. The number of hydrogen-bond donors (Lipinski definition) is 1. The maximum absolute atomic E-state index is 12.4. The van der Waals surface area contributed by atoms with Gasteiger partial charge in [-0.3, -0.25) is 9.78 Å². The summed E-state index contributed by atoms with van der Waals surface area (Å²) < 4.78 is 0. The van der Waals surface area contributed by atoms with Crippen molar-refractivity contribution in [1.29, 1.82) is 0 Å². The predicted molar refractivity (Wildman–Crippen MR) is 132 cm³/mol. The molecule has 5 nitrogen and oxygen atoms in total. The van der Waals surface area contributed by atoms with Gasteiger partial charge < -0.3 is 14.8 Å². The van der Waals surface area contributed by atoms with Crippen molar-refractivity contribution in [2.24, 2.45) is 0 Å². The molecule has 3 heterocycles. The van der Waals surface area contributed by atoms with Crippen LogP contribution >= 0.6 is 0 Å². The number of likely N-dealkylation sites (tertiary alicyclic amines) is 1. The molecule has 0 aliphatic carbocycles.